The fraction of sp³-hybridized carbons (Fsp3) is 0.200. The Hall–Kier alpha value is -3.68. The Morgan fingerprint density at radius 3 is 2.21 bits per heavy atom. The summed E-state index contributed by atoms with van der Waals surface area (Å²) < 4.78 is 0. The summed E-state index contributed by atoms with van der Waals surface area (Å²) >= 11 is 0. The number of fused-ring (bicyclic) bond motifs is 1. The number of benzene rings is 2. The number of aryl methyl sites for hydroxylation is 1. The minimum Gasteiger partial charge on any atom is -0.478 e. The molecular formula is C20H18N2O6. The quantitative estimate of drug-likeness (QED) is 0.462. The molecule has 0 aliphatic heterocycles. The van der Waals surface area contributed by atoms with E-state index >= 15 is 0 Å². The Balaban J connectivity index is 1.67. The minimum absolute atomic E-state index is 0.0619. The summed E-state index contributed by atoms with van der Waals surface area (Å²) in [5.41, 5.74) is -0.528. The minimum atomic E-state index is -1.34. The summed E-state index contributed by atoms with van der Waals surface area (Å²) in [4.78, 5) is 49.6. The van der Waals surface area contributed by atoms with Crippen molar-refractivity contribution in [1.29, 1.82) is 0 Å². The summed E-state index contributed by atoms with van der Waals surface area (Å²) in [6, 6.07) is 10.7. The normalized spacial score (nSPS) is 10.9. The first-order valence-corrected chi connectivity index (χ1v) is 8.70. The van der Waals surface area contributed by atoms with Crippen LogP contribution in [0.25, 0.3) is 10.8 Å². The first-order valence-electron chi connectivity index (χ1n) is 8.70. The number of carboxylic acids is 2. The molecule has 28 heavy (non-hydrogen) atoms. The average Bonchev–Trinajstić information content (AvgIpc) is 2.65. The van der Waals surface area contributed by atoms with Crippen molar-refractivity contribution in [3.8, 4) is 0 Å². The molecular weight excluding hydrogens is 364 g/mol. The number of aromatic carboxylic acids is 2. The number of carbonyl (C=O) groups is 2. The van der Waals surface area contributed by atoms with Crippen LogP contribution in [-0.4, -0.2) is 32.1 Å². The third-order valence-electron chi connectivity index (χ3n) is 4.55. The molecule has 144 valence electrons. The highest BCUT2D eigenvalue weighted by atomic mass is 16.4. The van der Waals surface area contributed by atoms with Crippen molar-refractivity contribution in [1.82, 2.24) is 9.97 Å². The van der Waals surface area contributed by atoms with E-state index in [1.54, 1.807) is 18.2 Å². The van der Waals surface area contributed by atoms with Crippen LogP contribution < -0.4 is 11.2 Å². The molecule has 0 fully saturated rings. The Morgan fingerprint density at radius 2 is 1.50 bits per heavy atom. The molecule has 4 N–H and O–H groups in total. The molecule has 3 aromatic rings. The first kappa shape index (κ1) is 19.1. The fourth-order valence-electron chi connectivity index (χ4n) is 3.15. The molecule has 0 amide bonds. The standard InChI is InChI=1S/C20H18N2O6/c23-17-15(16(19(26)27)21-20(28)22-17)4-2-1-3-11-5-6-13-10-14(18(24)25)8-7-12(13)9-11/h5-10H,1-4H2,(H,24,25)(H,26,27)(H2,21,22,23,28). The van der Waals surface area contributed by atoms with Gasteiger partial charge in [0.2, 0.25) is 0 Å². The van der Waals surface area contributed by atoms with Crippen LogP contribution in [0.1, 0.15) is 44.8 Å². The molecule has 0 atom stereocenters. The van der Waals surface area contributed by atoms with Crippen LogP contribution in [0.4, 0.5) is 0 Å². The molecule has 2 aromatic carbocycles. The third-order valence-corrected chi connectivity index (χ3v) is 4.55. The zero-order valence-corrected chi connectivity index (χ0v) is 14.8. The fourth-order valence-corrected chi connectivity index (χ4v) is 3.15. The van der Waals surface area contributed by atoms with E-state index in [0.29, 0.717) is 6.42 Å². The van der Waals surface area contributed by atoms with Gasteiger partial charge in [-0.2, -0.15) is 0 Å². The van der Waals surface area contributed by atoms with Gasteiger partial charge >= 0.3 is 17.6 Å². The summed E-state index contributed by atoms with van der Waals surface area (Å²) in [5.74, 6) is -2.31. The van der Waals surface area contributed by atoms with Gasteiger partial charge in [0.1, 0.15) is 5.69 Å². The summed E-state index contributed by atoms with van der Waals surface area (Å²) in [5, 5.41) is 20.0. The molecule has 0 radical (unpaired) electrons. The van der Waals surface area contributed by atoms with Crippen LogP contribution in [0, 0.1) is 0 Å². The monoisotopic (exact) mass is 382 g/mol. The van der Waals surface area contributed by atoms with E-state index in [-0.39, 0.29) is 23.2 Å². The van der Waals surface area contributed by atoms with E-state index in [4.69, 9.17) is 10.2 Å². The zero-order chi connectivity index (χ0) is 20.3. The van der Waals surface area contributed by atoms with Gasteiger partial charge in [0, 0.05) is 5.56 Å². The molecule has 1 heterocycles. The Kier molecular flexibility index (Phi) is 5.39. The second kappa shape index (κ2) is 7.91. The van der Waals surface area contributed by atoms with E-state index in [1.165, 1.54) is 0 Å². The van der Waals surface area contributed by atoms with Crippen molar-refractivity contribution >= 4 is 22.7 Å². The highest BCUT2D eigenvalue weighted by molar-refractivity contribution is 5.94. The maximum Gasteiger partial charge on any atom is 0.352 e. The van der Waals surface area contributed by atoms with Crippen molar-refractivity contribution in [2.24, 2.45) is 0 Å². The molecule has 0 aliphatic rings. The number of hydrogen-bond acceptors (Lipinski definition) is 4. The van der Waals surface area contributed by atoms with Crippen LogP contribution in [-0.2, 0) is 12.8 Å². The molecule has 0 aliphatic carbocycles. The van der Waals surface area contributed by atoms with Crippen molar-refractivity contribution < 1.29 is 19.8 Å². The summed E-state index contributed by atoms with van der Waals surface area (Å²) in [7, 11) is 0. The van der Waals surface area contributed by atoms with Gasteiger partial charge in [-0.1, -0.05) is 24.3 Å². The lowest BCUT2D eigenvalue weighted by Crippen LogP contribution is -2.30. The number of nitrogens with one attached hydrogen (secondary N) is 2. The maximum absolute atomic E-state index is 11.9. The predicted octanol–water partition coefficient (Wildman–Crippen LogP) is 2.18. The van der Waals surface area contributed by atoms with Crippen molar-refractivity contribution in [3.05, 3.63) is 79.6 Å². The topological polar surface area (TPSA) is 140 Å². The second-order valence-electron chi connectivity index (χ2n) is 6.48. The Morgan fingerprint density at radius 1 is 0.821 bits per heavy atom. The smallest absolute Gasteiger partial charge is 0.352 e. The second-order valence-corrected chi connectivity index (χ2v) is 6.48. The first-order chi connectivity index (χ1) is 13.3. The number of rotatable bonds is 7. The van der Waals surface area contributed by atoms with E-state index < -0.39 is 23.2 Å². The Bertz CT molecular complexity index is 1180. The van der Waals surface area contributed by atoms with Crippen LogP contribution in [0.15, 0.2) is 46.0 Å². The zero-order valence-electron chi connectivity index (χ0n) is 14.8. The molecule has 0 saturated carbocycles. The number of aromatic amines is 2. The van der Waals surface area contributed by atoms with Crippen molar-refractivity contribution in [2.45, 2.75) is 25.7 Å². The van der Waals surface area contributed by atoms with Gasteiger partial charge in [-0.25, -0.2) is 14.4 Å². The summed E-state index contributed by atoms with van der Waals surface area (Å²) in [6.07, 6.45) is 2.26. The number of unbranched alkanes of at least 4 members (excludes halogenated alkanes) is 1. The lowest BCUT2D eigenvalue weighted by atomic mass is 10.00. The average molecular weight is 382 g/mol. The van der Waals surface area contributed by atoms with Crippen LogP contribution >= 0.6 is 0 Å². The molecule has 8 nitrogen and oxygen atoms in total. The SMILES string of the molecule is O=C(O)c1ccc2cc(CCCCc3c(C(=O)O)[nH]c(=O)[nH]c3=O)ccc2c1. The lowest BCUT2D eigenvalue weighted by Gasteiger charge is -2.06. The van der Waals surface area contributed by atoms with Gasteiger partial charge in [0.15, 0.2) is 0 Å². The predicted molar refractivity (Wildman–Crippen MR) is 102 cm³/mol. The highest BCUT2D eigenvalue weighted by Gasteiger charge is 2.15. The molecule has 8 heteroatoms. The largest absolute Gasteiger partial charge is 0.478 e. The molecule has 0 saturated heterocycles. The maximum atomic E-state index is 11.9. The lowest BCUT2D eigenvalue weighted by molar-refractivity contribution is 0.0681. The van der Waals surface area contributed by atoms with Gasteiger partial charge in [0.05, 0.1) is 5.56 Å². The van der Waals surface area contributed by atoms with Gasteiger partial charge in [-0.05, 0) is 54.2 Å². The van der Waals surface area contributed by atoms with Crippen LogP contribution in [0.2, 0.25) is 0 Å². The van der Waals surface area contributed by atoms with E-state index in [0.717, 1.165) is 29.2 Å². The van der Waals surface area contributed by atoms with Crippen LogP contribution in [0.3, 0.4) is 0 Å². The highest BCUT2D eigenvalue weighted by Crippen LogP contribution is 2.19. The van der Waals surface area contributed by atoms with Gasteiger partial charge in [0.25, 0.3) is 5.56 Å². The van der Waals surface area contributed by atoms with E-state index in [2.05, 4.69) is 9.97 Å². The van der Waals surface area contributed by atoms with Gasteiger partial charge in [-0.15, -0.1) is 0 Å². The molecule has 0 spiro atoms. The number of H-pyrrole nitrogens is 2. The number of carboxylic acid groups (broad SMARTS) is 2. The number of hydrogen-bond donors (Lipinski definition) is 4. The number of aromatic nitrogens is 2. The third kappa shape index (κ3) is 4.17. The van der Waals surface area contributed by atoms with Crippen molar-refractivity contribution in [2.75, 3.05) is 0 Å². The molecule has 1 aromatic heterocycles. The van der Waals surface area contributed by atoms with Crippen LogP contribution in [0.5, 0.6) is 0 Å². The molecule has 0 unspecified atom stereocenters. The van der Waals surface area contributed by atoms with E-state index in [9.17, 15) is 19.2 Å². The van der Waals surface area contributed by atoms with Gasteiger partial charge < -0.3 is 15.2 Å². The Labute approximate surface area is 158 Å². The summed E-state index contributed by atoms with van der Waals surface area (Å²) in [6.45, 7) is 0. The molecule has 0 bridgehead atoms. The van der Waals surface area contributed by atoms with Gasteiger partial charge in [-0.3, -0.25) is 9.78 Å². The van der Waals surface area contributed by atoms with Crippen molar-refractivity contribution in [3.63, 3.8) is 0 Å². The van der Waals surface area contributed by atoms with E-state index in [1.807, 2.05) is 18.2 Å². The molecule has 3 rings (SSSR count).